The number of phenolic OH excluding ortho intramolecular Hbond substituents is 2. The van der Waals surface area contributed by atoms with E-state index in [0.717, 1.165) is 11.0 Å². The Morgan fingerprint density at radius 2 is 1.88 bits per heavy atom. The van der Waals surface area contributed by atoms with Crippen LogP contribution in [0.1, 0.15) is 5.56 Å². The molecule has 0 radical (unpaired) electrons. The van der Waals surface area contributed by atoms with Gasteiger partial charge in [-0.25, -0.2) is 0 Å². The Morgan fingerprint density at radius 3 is 2.58 bits per heavy atom. The first kappa shape index (κ1) is 18.4. The third-order valence-electron chi connectivity index (χ3n) is 3.56. The lowest BCUT2D eigenvalue weighted by Crippen LogP contribution is -2.54. The van der Waals surface area contributed by atoms with Crippen LogP contribution in [0.15, 0.2) is 46.4 Å². The summed E-state index contributed by atoms with van der Waals surface area (Å²) in [5.74, 6) is -1.82. The number of thiocarbonyl (C=S) groups is 1. The maximum absolute atomic E-state index is 12.8. The zero-order chi connectivity index (χ0) is 19.0. The van der Waals surface area contributed by atoms with Gasteiger partial charge in [0, 0.05) is 16.7 Å². The van der Waals surface area contributed by atoms with E-state index in [2.05, 4.69) is 21.2 Å². The van der Waals surface area contributed by atoms with E-state index in [-0.39, 0.29) is 27.7 Å². The molecule has 3 rings (SSSR count). The number of carbonyl (C=O) groups is 2. The molecule has 0 unspecified atom stereocenters. The van der Waals surface area contributed by atoms with Crippen LogP contribution in [0, 0.1) is 0 Å². The molecule has 1 fully saturated rings. The van der Waals surface area contributed by atoms with Crippen molar-refractivity contribution in [1.29, 1.82) is 0 Å². The molecular formula is C17H10BrClN2O4S. The number of nitrogens with one attached hydrogen (secondary N) is 1. The molecule has 6 nitrogen and oxygen atoms in total. The summed E-state index contributed by atoms with van der Waals surface area (Å²) in [5.41, 5.74) is 0.341. The SMILES string of the molecule is O=C1NC(=S)N(c2cccc(Cl)c2)C(=O)/C1=C/c1cc(Br)c(O)cc1O. The molecule has 26 heavy (non-hydrogen) atoms. The molecule has 132 valence electrons. The van der Waals surface area contributed by atoms with Crippen molar-refractivity contribution < 1.29 is 19.8 Å². The maximum atomic E-state index is 12.8. The lowest BCUT2D eigenvalue weighted by molar-refractivity contribution is -0.122. The molecule has 9 heteroatoms. The topological polar surface area (TPSA) is 89.9 Å². The van der Waals surface area contributed by atoms with Crippen LogP contribution in [-0.4, -0.2) is 27.1 Å². The first-order valence-electron chi connectivity index (χ1n) is 7.16. The zero-order valence-electron chi connectivity index (χ0n) is 12.9. The van der Waals surface area contributed by atoms with E-state index in [9.17, 15) is 19.8 Å². The molecule has 1 aliphatic heterocycles. The smallest absolute Gasteiger partial charge is 0.270 e. The van der Waals surface area contributed by atoms with Crippen molar-refractivity contribution in [3.63, 3.8) is 0 Å². The quantitative estimate of drug-likeness (QED) is 0.369. The van der Waals surface area contributed by atoms with Gasteiger partial charge in [0.05, 0.1) is 10.2 Å². The molecule has 1 heterocycles. The van der Waals surface area contributed by atoms with Gasteiger partial charge in [-0.3, -0.25) is 19.8 Å². The van der Waals surface area contributed by atoms with Gasteiger partial charge in [-0.1, -0.05) is 17.7 Å². The van der Waals surface area contributed by atoms with Gasteiger partial charge in [0.2, 0.25) is 0 Å². The summed E-state index contributed by atoms with van der Waals surface area (Å²) < 4.78 is 0.299. The lowest BCUT2D eigenvalue weighted by atomic mass is 10.1. The van der Waals surface area contributed by atoms with Gasteiger partial charge in [-0.2, -0.15) is 0 Å². The van der Waals surface area contributed by atoms with E-state index in [1.165, 1.54) is 18.2 Å². The number of halogens is 2. The normalized spacial score (nSPS) is 16.2. The van der Waals surface area contributed by atoms with Gasteiger partial charge in [-0.15, -0.1) is 0 Å². The van der Waals surface area contributed by atoms with Gasteiger partial charge in [0.15, 0.2) is 5.11 Å². The number of aromatic hydroxyl groups is 2. The zero-order valence-corrected chi connectivity index (χ0v) is 16.0. The van der Waals surface area contributed by atoms with Gasteiger partial charge in [0.25, 0.3) is 11.8 Å². The molecule has 1 saturated heterocycles. The average Bonchev–Trinajstić information content (AvgIpc) is 2.56. The summed E-state index contributed by atoms with van der Waals surface area (Å²) in [7, 11) is 0. The van der Waals surface area contributed by atoms with Crippen LogP contribution >= 0.6 is 39.7 Å². The fourth-order valence-electron chi connectivity index (χ4n) is 2.34. The molecule has 0 aromatic heterocycles. The summed E-state index contributed by atoms with van der Waals surface area (Å²) >= 11 is 14.2. The Bertz CT molecular complexity index is 993. The molecule has 1 aliphatic rings. The Morgan fingerprint density at radius 1 is 1.15 bits per heavy atom. The molecular weight excluding hydrogens is 444 g/mol. The van der Waals surface area contributed by atoms with Crippen molar-refractivity contribution in [2.45, 2.75) is 0 Å². The minimum Gasteiger partial charge on any atom is -0.507 e. The molecule has 0 aliphatic carbocycles. The summed E-state index contributed by atoms with van der Waals surface area (Å²) in [6, 6.07) is 8.94. The predicted octanol–water partition coefficient (Wildman–Crippen LogP) is 3.35. The van der Waals surface area contributed by atoms with Crippen molar-refractivity contribution in [2.75, 3.05) is 4.90 Å². The summed E-state index contributed by atoms with van der Waals surface area (Å²) in [4.78, 5) is 26.2. The van der Waals surface area contributed by atoms with Gasteiger partial charge in [0.1, 0.15) is 17.1 Å². The molecule has 2 aromatic carbocycles. The van der Waals surface area contributed by atoms with Crippen molar-refractivity contribution in [3.05, 3.63) is 57.0 Å². The first-order valence-corrected chi connectivity index (χ1v) is 8.74. The number of rotatable bonds is 2. The summed E-state index contributed by atoms with van der Waals surface area (Å²) in [6.07, 6.45) is 1.22. The minimum absolute atomic E-state index is 0.0736. The fraction of sp³-hybridized carbons (Fsp3) is 0. The van der Waals surface area contributed by atoms with E-state index in [1.54, 1.807) is 18.2 Å². The molecule has 0 bridgehead atoms. The highest BCUT2D eigenvalue weighted by molar-refractivity contribution is 9.10. The number of carbonyl (C=O) groups excluding carboxylic acids is 2. The highest BCUT2D eigenvalue weighted by Crippen LogP contribution is 2.33. The van der Waals surface area contributed by atoms with Crippen LogP contribution in [0.4, 0.5) is 5.69 Å². The van der Waals surface area contributed by atoms with E-state index < -0.39 is 11.8 Å². The molecule has 3 N–H and O–H groups in total. The second-order valence-corrected chi connectivity index (χ2v) is 6.98. The third kappa shape index (κ3) is 3.44. The second-order valence-electron chi connectivity index (χ2n) is 5.30. The third-order valence-corrected chi connectivity index (χ3v) is 4.72. The average molecular weight is 454 g/mol. The van der Waals surface area contributed by atoms with Crippen LogP contribution in [0.3, 0.4) is 0 Å². The van der Waals surface area contributed by atoms with E-state index in [0.29, 0.717) is 15.2 Å². The van der Waals surface area contributed by atoms with Gasteiger partial charge in [-0.05, 0) is 58.5 Å². The highest BCUT2D eigenvalue weighted by Gasteiger charge is 2.34. The van der Waals surface area contributed by atoms with Crippen molar-refractivity contribution in [2.24, 2.45) is 0 Å². The Hall–Kier alpha value is -2.42. The monoisotopic (exact) mass is 452 g/mol. The van der Waals surface area contributed by atoms with Crippen molar-refractivity contribution >= 4 is 68.4 Å². The standard InChI is InChI=1S/C17H10BrClN2O4S/c18-12-5-8(13(22)7-14(12)23)4-11-15(24)20-17(26)21(16(11)25)10-3-1-2-9(19)6-10/h1-7,22-23H,(H,20,24,26)/b11-4+. The van der Waals surface area contributed by atoms with E-state index >= 15 is 0 Å². The number of anilines is 1. The van der Waals surface area contributed by atoms with E-state index in [4.69, 9.17) is 23.8 Å². The lowest BCUT2D eigenvalue weighted by Gasteiger charge is -2.29. The molecule has 0 spiro atoms. The number of phenols is 2. The highest BCUT2D eigenvalue weighted by atomic mass is 79.9. The Labute approximate surface area is 166 Å². The predicted molar refractivity (Wildman–Crippen MR) is 105 cm³/mol. The number of hydrogen-bond donors (Lipinski definition) is 3. The maximum Gasteiger partial charge on any atom is 0.270 e. The number of amides is 2. The molecule has 2 aromatic rings. The number of benzene rings is 2. The van der Waals surface area contributed by atoms with E-state index in [1.807, 2.05) is 0 Å². The fourth-order valence-corrected chi connectivity index (χ4v) is 3.17. The molecule has 0 atom stereocenters. The van der Waals surface area contributed by atoms with Crippen LogP contribution in [0.5, 0.6) is 11.5 Å². The minimum atomic E-state index is -0.693. The van der Waals surface area contributed by atoms with Crippen LogP contribution < -0.4 is 10.2 Å². The van der Waals surface area contributed by atoms with Crippen molar-refractivity contribution in [1.82, 2.24) is 5.32 Å². The Balaban J connectivity index is 2.07. The summed E-state index contributed by atoms with van der Waals surface area (Å²) in [6.45, 7) is 0. The number of nitrogens with zero attached hydrogens (tertiary/aromatic N) is 1. The van der Waals surface area contributed by atoms with Crippen LogP contribution in [0.25, 0.3) is 6.08 Å². The summed E-state index contributed by atoms with van der Waals surface area (Å²) in [5, 5.41) is 22.3. The van der Waals surface area contributed by atoms with Crippen LogP contribution in [-0.2, 0) is 9.59 Å². The molecule has 2 amide bonds. The van der Waals surface area contributed by atoms with Gasteiger partial charge >= 0.3 is 0 Å². The Kier molecular flexibility index (Phi) is 4.99. The van der Waals surface area contributed by atoms with Gasteiger partial charge < -0.3 is 10.2 Å². The molecule has 0 saturated carbocycles. The van der Waals surface area contributed by atoms with Crippen molar-refractivity contribution in [3.8, 4) is 11.5 Å². The second kappa shape index (κ2) is 7.06. The number of hydrogen-bond acceptors (Lipinski definition) is 5. The largest absolute Gasteiger partial charge is 0.507 e. The van der Waals surface area contributed by atoms with Crippen LogP contribution in [0.2, 0.25) is 5.02 Å². The first-order chi connectivity index (χ1) is 12.3.